The second-order valence-electron chi connectivity index (χ2n) is 8.39. The number of rotatable bonds is 5. The molecule has 0 aliphatic carbocycles. The van der Waals surface area contributed by atoms with Gasteiger partial charge in [0.05, 0.1) is 10.6 Å². The molecule has 5 aromatic rings. The van der Waals surface area contributed by atoms with E-state index in [2.05, 4.69) is 92.8 Å². The molecular weight excluding hydrogens is 412 g/mol. The van der Waals surface area contributed by atoms with Crippen molar-refractivity contribution in [1.82, 2.24) is 19.4 Å². The molecule has 0 radical (unpaired) electrons. The number of hydrogen-bond donors (Lipinski definition) is 0. The van der Waals surface area contributed by atoms with Crippen molar-refractivity contribution in [3.8, 4) is 10.7 Å². The van der Waals surface area contributed by atoms with Crippen molar-refractivity contribution < 1.29 is 0 Å². The molecule has 0 saturated heterocycles. The lowest BCUT2D eigenvalue weighted by atomic mass is 10.1. The van der Waals surface area contributed by atoms with Gasteiger partial charge in [-0.3, -0.25) is 4.90 Å². The summed E-state index contributed by atoms with van der Waals surface area (Å²) in [6, 6.07) is 23.6. The van der Waals surface area contributed by atoms with Gasteiger partial charge in [-0.15, -0.1) is 11.3 Å². The van der Waals surface area contributed by atoms with E-state index in [0.29, 0.717) is 0 Å². The summed E-state index contributed by atoms with van der Waals surface area (Å²) in [5.41, 5.74) is 6.46. The lowest BCUT2D eigenvalue weighted by Crippen LogP contribution is -2.30. The van der Waals surface area contributed by atoms with Crippen LogP contribution in [0, 0.1) is 0 Å². The maximum atomic E-state index is 4.87. The maximum Gasteiger partial charge on any atom is 0.169 e. The molecule has 0 unspecified atom stereocenters. The fourth-order valence-corrected chi connectivity index (χ4v) is 5.30. The molecule has 158 valence electrons. The van der Waals surface area contributed by atoms with Gasteiger partial charge in [0, 0.05) is 61.5 Å². The number of hydrogen-bond acceptors (Lipinski definition) is 4. The fraction of sp³-hybridized carbons (Fsp3) is 0.185. The van der Waals surface area contributed by atoms with Gasteiger partial charge in [0.2, 0.25) is 0 Å². The molecule has 2 aromatic carbocycles. The van der Waals surface area contributed by atoms with E-state index in [1.807, 2.05) is 6.20 Å². The number of nitrogens with zero attached hydrogens (tertiary/aromatic N) is 4. The van der Waals surface area contributed by atoms with Crippen molar-refractivity contribution in [2.24, 2.45) is 0 Å². The Balaban J connectivity index is 1.25. The van der Waals surface area contributed by atoms with Crippen LogP contribution in [0.1, 0.15) is 22.4 Å². The third kappa shape index (κ3) is 3.74. The molecule has 4 heterocycles. The van der Waals surface area contributed by atoms with E-state index in [-0.39, 0.29) is 0 Å². The van der Waals surface area contributed by atoms with Crippen LogP contribution in [0.15, 0.2) is 84.5 Å². The van der Waals surface area contributed by atoms with Crippen molar-refractivity contribution in [1.29, 1.82) is 0 Å². The number of thiophene rings is 1. The summed E-state index contributed by atoms with van der Waals surface area (Å²) in [6.45, 7) is 3.75. The lowest BCUT2D eigenvalue weighted by Gasteiger charge is -2.27. The van der Waals surface area contributed by atoms with Crippen LogP contribution < -0.4 is 0 Å². The van der Waals surface area contributed by atoms with Crippen molar-refractivity contribution in [3.05, 3.63) is 107 Å². The molecule has 3 aromatic heterocycles. The third-order valence-corrected chi connectivity index (χ3v) is 7.08. The molecule has 6 rings (SSSR count). The minimum Gasteiger partial charge on any atom is -0.343 e. The van der Waals surface area contributed by atoms with Crippen LogP contribution in [0.5, 0.6) is 0 Å². The Kier molecular flexibility index (Phi) is 5.06. The summed E-state index contributed by atoms with van der Waals surface area (Å²) < 4.78 is 2.38. The van der Waals surface area contributed by atoms with Crippen LogP contribution in [-0.4, -0.2) is 26.0 Å². The summed E-state index contributed by atoms with van der Waals surface area (Å²) in [5.74, 6) is 0.858. The van der Waals surface area contributed by atoms with Gasteiger partial charge in [-0.1, -0.05) is 54.6 Å². The van der Waals surface area contributed by atoms with Crippen LogP contribution in [0.2, 0.25) is 0 Å². The number of para-hydroxylation sites is 1. The zero-order valence-electron chi connectivity index (χ0n) is 17.8. The Hall–Kier alpha value is -3.28. The van der Waals surface area contributed by atoms with Crippen molar-refractivity contribution in [3.63, 3.8) is 0 Å². The Morgan fingerprint density at radius 1 is 0.906 bits per heavy atom. The molecule has 0 amide bonds. The Morgan fingerprint density at radius 2 is 1.78 bits per heavy atom. The van der Waals surface area contributed by atoms with Gasteiger partial charge < -0.3 is 4.57 Å². The summed E-state index contributed by atoms with van der Waals surface area (Å²) >= 11 is 1.70. The highest BCUT2D eigenvalue weighted by molar-refractivity contribution is 7.13. The van der Waals surface area contributed by atoms with Gasteiger partial charge >= 0.3 is 0 Å². The highest BCUT2D eigenvalue weighted by Crippen LogP contribution is 2.27. The van der Waals surface area contributed by atoms with Crippen LogP contribution in [0.4, 0.5) is 0 Å². The monoisotopic (exact) mass is 436 g/mol. The average Bonchev–Trinajstić information content (AvgIpc) is 3.49. The second-order valence-corrected chi connectivity index (χ2v) is 9.34. The van der Waals surface area contributed by atoms with Crippen LogP contribution in [-0.2, 0) is 26.1 Å². The summed E-state index contributed by atoms with van der Waals surface area (Å²) in [4.78, 5) is 13.2. The first-order valence-electron chi connectivity index (χ1n) is 11.1. The zero-order chi connectivity index (χ0) is 21.3. The number of benzene rings is 2. The first kappa shape index (κ1) is 19.4. The molecule has 32 heavy (non-hydrogen) atoms. The molecule has 0 bridgehead atoms. The summed E-state index contributed by atoms with van der Waals surface area (Å²) in [5, 5.41) is 3.42. The van der Waals surface area contributed by atoms with Crippen LogP contribution in [0.25, 0.3) is 21.6 Å². The molecule has 0 atom stereocenters. The highest BCUT2D eigenvalue weighted by Gasteiger charge is 2.20. The van der Waals surface area contributed by atoms with E-state index < -0.39 is 0 Å². The summed E-state index contributed by atoms with van der Waals surface area (Å²) in [6.07, 6.45) is 5.34. The van der Waals surface area contributed by atoms with Crippen molar-refractivity contribution >= 4 is 22.2 Å². The lowest BCUT2D eigenvalue weighted by molar-refractivity contribution is 0.243. The van der Waals surface area contributed by atoms with Gasteiger partial charge in [0.1, 0.15) is 0 Å². The number of fused-ring (bicyclic) bond motifs is 2. The van der Waals surface area contributed by atoms with Gasteiger partial charge in [-0.2, -0.15) is 0 Å². The normalized spacial score (nSPS) is 14.0. The number of aromatic nitrogens is 3. The molecule has 1 aliphatic heterocycles. The SMILES string of the molecule is c1ccc(Cn2cc(CN3CCc4nc(-c5cccs5)ncc4C3)c3ccccc32)cc1. The molecule has 4 nitrogen and oxygen atoms in total. The predicted molar refractivity (Wildman–Crippen MR) is 131 cm³/mol. The van der Waals surface area contributed by atoms with E-state index in [0.717, 1.165) is 43.3 Å². The average molecular weight is 437 g/mol. The Morgan fingerprint density at radius 3 is 2.66 bits per heavy atom. The van der Waals surface area contributed by atoms with E-state index >= 15 is 0 Å². The molecule has 1 aliphatic rings. The molecular formula is C27H24N4S. The minimum absolute atomic E-state index is 0.858. The van der Waals surface area contributed by atoms with E-state index in [1.54, 1.807) is 11.3 Å². The standard InChI is InChI=1S/C27H24N4S/c1-2-7-20(8-3-1)16-31-19-22(23-9-4-5-10-25(23)31)18-30-13-12-24-21(17-30)15-28-27(29-24)26-11-6-14-32-26/h1-11,14-15,19H,12-13,16-18H2. The van der Waals surface area contributed by atoms with Crippen LogP contribution >= 0.6 is 11.3 Å². The van der Waals surface area contributed by atoms with Crippen molar-refractivity contribution in [2.75, 3.05) is 6.54 Å². The van der Waals surface area contributed by atoms with Crippen LogP contribution in [0.3, 0.4) is 0 Å². The van der Waals surface area contributed by atoms with E-state index in [4.69, 9.17) is 4.98 Å². The fourth-order valence-electron chi connectivity index (χ4n) is 4.63. The topological polar surface area (TPSA) is 34.0 Å². The van der Waals surface area contributed by atoms with Crippen molar-refractivity contribution in [2.45, 2.75) is 26.1 Å². The molecule has 0 N–H and O–H groups in total. The molecule has 0 saturated carbocycles. The Labute approximate surface area is 191 Å². The minimum atomic E-state index is 0.858. The molecule has 0 spiro atoms. The largest absolute Gasteiger partial charge is 0.343 e. The maximum absolute atomic E-state index is 4.87. The first-order valence-corrected chi connectivity index (χ1v) is 11.9. The second kappa shape index (κ2) is 8.34. The zero-order valence-corrected chi connectivity index (χ0v) is 18.6. The molecule has 5 heteroatoms. The van der Waals surface area contributed by atoms with Gasteiger partial charge in [0.25, 0.3) is 0 Å². The van der Waals surface area contributed by atoms with E-state index in [9.17, 15) is 0 Å². The quantitative estimate of drug-likeness (QED) is 0.351. The predicted octanol–water partition coefficient (Wildman–Crippen LogP) is 5.77. The summed E-state index contributed by atoms with van der Waals surface area (Å²) in [7, 11) is 0. The van der Waals surface area contributed by atoms with Gasteiger partial charge in [0.15, 0.2) is 5.82 Å². The molecule has 0 fully saturated rings. The smallest absolute Gasteiger partial charge is 0.169 e. The third-order valence-electron chi connectivity index (χ3n) is 6.22. The van der Waals surface area contributed by atoms with Gasteiger partial charge in [-0.05, 0) is 28.6 Å². The van der Waals surface area contributed by atoms with E-state index in [1.165, 1.54) is 33.3 Å². The first-order chi connectivity index (χ1) is 15.8. The highest BCUT2D eigenvalue weighted by atomic mass is 32.1. The Bertz CT molecular complexity index is 1360. The van der Waals surface area contributed by atoms with Gasteiger partial charge in [-0.25, -0.2) is 9.97 Å².